The molecule has 0 radical (unpaired) electrons. The van der Waals surface area contributed by atoms with E-state index in [1.807, 2.05) is 19.9 Å². The number of nitrogens with one attached hydrogen (secondary N) is 1. The van der Waals surface area contributed by atoms with Gasteiger partial charge in [0.15, 0.2) is 5.69 Å². The minimum atomic E-state index is -0.480. The number of aromatic nitrogens is 2. The Labute approximate surface area is 169 Å². The minimum absolute atomic E-state index is 0.000522. The standard InChI is InChI=1S/C21H26N4O4/c1-4-29-21(28)17-10-12-25(23-17)16-8-5-7-15(13-16)22-19(26)18-9-6-11-24(18)20(27)14(2)3/h5,7-8,10,12-14,18H,4,6,9,11H2,1-3H3,(H,22,26). The van der Waals surface area contributed by atoms with Crippen molar-refractivity contribution in [2.75, 3.05) is 18.5 Å². The van der Waals surface area contributed by atoms with Gasteiger partial charge in [-0.05, 0) is 44.0 Å². The summed E-state index contributed by atoms with van der Waals surface area (Å²) in [6.07, 6.45) is 3.14. The van der Waals surface area contributed by atoms with Crippen LogP contribution in [0.2, 0.25) is 0 Å². The van der Waals surface area contributed by atoms with Crippen LogP contribution < -0.4 is 5.32 Å². The lowest BCUT2D eigenvalue weighted by molar-refractivity contribution is -0.139. The van der Waals surface area contributed by atoms with Crippen molar-refractivity contribution >= 4 is 23.5 Å². The average Bonchev–Trinajstić information content (AvgIpc) is 3.37. The van der Waals surface area contributed by atoms with Crippen molar-refractivity contribution in [3.8, 4) is 5.69 Å². The number of carbonyl (C=O) groups excluding carboxylic acids is 3. The van der Waals surface area contributed by atoms with Gasteiger partial charge in [0.2, 0.25) is 11.8 Å². The normalized spacial score (nSPS) is 16.1. The van der Waals surface area contributed by atoms with Crippen molar-refractivity contribution in [3.05, 3.63) is 42.2 Å². The number of hydrogen-bond donors (Lipinski definition) is 1. The molecule has 1 unspecified atom stereocenters. The predicted molar refractivity (Wildman–Crippen MR) is 108 cm³/mol. The van der Waals surface area contributed by atoms with Crippen molar-refractivity contribution in [2.24, 2.45) is 5.92 Å². The fraction of sp³-hybridized carbons (Fsp3) is 0.429. The van der Waals surface area contributed by atoms with Crippen LogP contribution in [0.15, 0.2) is 36.5 Å². The van der Waals surface area contributed by atoms with Crippen molar-refractivity contribution < 1.29 is 19.1 Å². The maximum atomic E-state index is 12.8. The maximum Gasteiger partial charge on any atom is 0.358 e. The third-order valence-corrected chi connectivity index (χ3v) is 4.78. The third kappa shape index (κ3) is 4.64. The van der Waals surface area contributed by atoms with Crippen molar-refractivity contribution in [1.29, 1.82) is 0 Å². The highest BCUT2D eigenvalue weighted by Crippen LogP contribution is 2.22. The van der Waals surface area contributed by atoms with Gasteiger partial charge in [0.05, 0.1) is 12.3 Å². The monoisotopic (exact) mass is 398 g/mol. The molecule has 0 bridgehead atoms. The van der Waals surface area contributed by atoms with Gasteiger partial charge in [-0.25, -0.2) is 9.48 Å². The smallest absolute Gasteiger partial charge is 0.358 e. The van der Waals surface area contributed by atoms with Gasteiger partial charge in [0.25, 0.3) is 0 Å². The number of hydrogen-bond acceptors (Lipinski definition) is 5. The Morgan fingerprint density at radius 1 is 1.28 bits per heavy atom. The van der Waals surface area contributed by atoms with Gasteiger partial charge >= 0.3 is 5.97 Å². The van der Waals surface area contributed by atoms with Crippen LogP contribution in [0.1, 0.15) is 44.1 Å². The van der Waals surface area contributed by atoms with Crippen LogP contribution in [0.5, 0.6) is 0 Å². The number of anilines is 1. The van der Waals surface area contributed by atoms with Crippen LogP contribution >= 0.6 is 0 Å². The van der Waals surface area contributed by atoms with E-state index in [9.17, 15) is 14.4 Å². The second-order valence-electron chi connectivity index (χ2n) is 7.25. The first-order valence-corrected chi connectivity index (χ1v) is 9.85. The van der Waals surface area contributed by atoms with Crippen molar-refractivity contribution in [1.82, 2.24) is 14.7 Å². The van der Waals surface area contributed by atoms with Gasteiger partial charge in [-0.1, -0.05) is 19.9 Å². The number of amides is 2. The Morgan fingerprint density at radius 3 is 2.79 bits per heavy atom. The molecule has 2 amide bonds. The van der Waals surface area contributed by atoms with Gasteiger partial charge in [-0.3, -0.25) is 9.59 Å². The molecule has 2 heterocycles. The Bertz CT molecular complexity index is 906. The summed E-state index contributed by atoms with van der Waals surface area (Å²) >= 11 is 0. The first-order chi connectivity index (χ1) is 13.9. The topological polar surface area (TPSA) is 93.5 Å². The van der Waals surface area contributed by atoms with Crippen LogP contribution in [0, 0.1) is 5.92 Å². The predicted octanol–water partition coefficient (Wildman–Crippen LogP) is 2.63. The number of carbonyl (C=O) groups is 3. The lowest BCUT2D eigenvalue weighted by Crippen LogP contribution is -2.44. The molecule has 154 valence electrons. The van der Waals surface area contributed by atoms with Crippen molar-refractivity contribution in [3.63, 3.8) is 0 Å². The lowest BCUT2D eigenvalue weighted by atomic mass is 10.1. The van der Waals surface area contributed by atoms with Crippen LogP contribution in [0.4, 0.5) is 5.69 Å². The van der Waals surface area contributed by atoms with E-state index in [0.29, 0.717) is 24.3 Å². The zero-order valence-electron chi connectivity index (χ0n) is 16.9. The van der Waals surface area contributed by atoms with E-state index < -0.39 is 12.0 Å². The fourth-order valence-corrected chi connectivity index (χ4v) is 3.37. The number of rotatable bonds is 6. The molecule has 0 saturated carbocycles. The zero-order chi connectivity index (χ0) is 21.0. The summed E-state index contributed by atoms with van der Waals surface area (Å²) in [6, 6.07) is 8.29. The maximum absolute atomic E-state index is 12.8. The Hall–Kier alpha value is -3.16. The molecule has 3 rings (SSSR count). The van der Waals surface area contributed by atoms with E-state index in [2.05, 4.69) is 10.4 Å². The molecule has 0 spiro atoms. The lowest BCUT2D eigenvalue weighted by Gasteiger charge is -2.25. The Kier molecular flexibility index (Phi) is 6.31. The summed E-state index contributed by atoms with van der Waals surface area (Å²) in [5.74, 6) is -0.812. The molecule has 0 aliphatic carbocycles. The molecule has 2 aromatic rings. The molecular formula is C21H26N4O4. The van der Waals surface area contributed by atoms with E-state index in [1.54, 1.807) is 47.0 Å². The molecule has 1 atom stereocenters. The molecule has 8 nitrogen and oxygen atoms in total. The van der Waals surface area contributed by atoms with E-state index in [-0.39, 0.29) is 30.0 Å². The SMILES string of the molecule is CCOC(=O)c1ccn(-c2cccc(NC(=O)C3CCCN3C(=O)C(C)C)c2)n1. The molecule has 1 aliphatic heterocycles. The molecule has 1 fully saturated rings. The largest absolute Gasteiger partial charge is 0.461 e. The second kappa shape index (κ2) is 8.89. The molecular weight excluding hydrogens is 372 g/mol. The van der Waals surface area contributed by atoms with Crippen molar-refractivity contribution in [2.45, 2.75) is 39.7 Å². The molecule has 8 heteroatoms. The number of likely N-dealkylation sites (tertiary alicyclic amines) is 1. The summed E-state index contributed by atoms with van der Waals surface area (Å²) in [5.41, 5.74) is 1.51. The second-order valence-corrected chi connectivity index (χ2v) is 7.25. The number of ether oxygens (including phenoxy) is 1. The third-order valence-electron chi connectivity index (χ3n) is 4.78. The molecule has 1 aromatic carbocycles. The number of nitrogens with zero attached hydrogens (tertiary/aromatic N) is 3. The highest BCUT2D eigenvalue weighted by molar-refractivity contribution is 5.98. The van der Waals surface area contributed by atoms with E-state index >= 15 is 0 Å². The Morgan fingerprint density at radius 2 is 2.07 bits per heavy atom. The highest BCUT2D eigenvalue weighted by Gasteiger charge is 2.34. The van der Waals surface area contributed by atoms with Gasteiger partial charge in [-0.15, -0.1) is 0 Å². The summed E-state index contributed by atoms with van der Waals surface area (Å²) < 4.78 is 6.50. The van der Waals surface area contributed by atoms with Gasteiger partial charge in [0.1, 0.15) is 6.04 Å². The molecule has 29 heavy (non-hydrogen) atoms. The van der Waals surface area contributed by atoms with Gasteiger partial charge in [-0.2, -0.15) is 5.10 Å². The quantitative estimate of drug-likeness (QED) is 0.755. The molecule has 1 aliphatic rings. The van der Waals surface area contributed by atoms with Gasteiger partial charge in [0, 0.05) is 24.3 Å². The molecule has 1 aromatic heterocycles. The summed E-state index contributed by atoms with van der Waals surface area (Å²) in [7, 11) is 0. The van der Waals surface area contributed by atoms with Crippen LogP contribution in [0.3, 0.4) is 0 Å². The Balaban J connectivity index is 1.72. The van der Waals surface area contributed by atoms with E-state index in [1.165, 1.54) is 0 Å². The first-order valence-electron chi connectivity index (χ1n) is 9.85. The zero-order valence-corrected chi connectivity index (χ0v) is 16.9. The highest BCUT2D eigenvalue weighted by atomic mass is 16.5. The first kappa shape index (κ1) is 20.6. The minimum Gasteiger partial charge on any atom is -0.461 e. The fourth-order valence-electron chi connectivity index (χ4n) is 3.37. The summed E-state index contributed by atoms with van der Waals surface area (Å²) in [5, 5.41) is 7.13. The summed E-state index contributed by atoms with van der Waals surface area (Å²) in [4.78, 5) is 38.6. The van der Waals surface area contributed by atoms with Crippen LogP contribution in [-0.2, 0) is 14.3 Å². The molecule has 1 N–H and O–H groups in total. The average molecular weight is 398 g/mol. The molecule has 1 saturated heterocycles. The van der Waals surface area contributed by atoms with Gasteiger partial charge < -0.3 is 15.0 Å². The van der Waals surface area contributed by atoms with E-state index in [0.717, 1.165) is 6.42 Å². The van der Waals surface area contributed by atoms with Crippen LogP contribution in [0.25, 0.3) is 5.69 Å². The number of benzene rings is 1. The summed E-state index contributed by atoms with van der Waals surface area (Å²) in [6.45, 7) is 6.31. The van der Waals surface area contributed by atoms with Crippen LogP contribution in [-0.4, -0.2) is 51.7 Å². The number of esters is 1. The van der Waals surface area contributed by atoms with E-state index in [4.69, 9.17) is 4.74 Å².